The fraction of sp³-hybridized carbons (Fsp3) is 0. The third-order valence-electron chi connectivity index (χ3n) is 2.32. The van der Waals surface area contributed by atoms with Gasteiger partial charge in [-0.15, -0.1) is 0 Å². The van der Waals surface area contributed by atoms with Crippen LogP contribution in [0.5, 0.6) is 11.5 Å². The summed E-state index contributed by atoms with van der Waals surface area (Å²) in [7, 11) is 0. The zero-order chi connectivity index (χ0) is 14.7. The van der Waals surface area contributed by atoms with Gasteiger partial charge in [0.15, 0.2) is 5.82 Å². The second-order valence-corrected chi connectivity index (χ2v) is 3.63. The number of carboxylic acid groups (broad SMARTS) is 1. The molecule has 7 nitrogen and oxygen atoms in total. The number of nitro groups is 1. The van der Waals surface area contributed by atoms with Crippen LogP contribution in [0.2, 0.25) is 0 Å². The first kappa shape index (κ1) is 13.4. The molecular weight excluding hydrogens is 271 g/mol. The summed E-state index contributed by atoms with van der Waals surface area (Å²) in [5, 5.41) is 19.4. The van der Waals surface area contributed by atoms with Crippen molar-refractivity contribution in [3.05, 3.63) is 58.2 Å². The summed E-state index contributed by atoms with van der Waals surface area (Å²) in [5.74, 6) is -2.69. The van der Waals surface area contributed by atoms with E-state index in [0.717, 1.165) is 24.4 Å². The largest absolute Gasteiger partial charge is 0.477 e. The molecule has 0 unspecified atom stereocenters. The molecule has 0 spiro atoms. The van der Waals surface area contributed by atoms with E-state index in [9.17, 15) is 19.3 Å². The number of hydrogen-bond acceptors (Lipinski definition) is 5. The van der Waals surface area contributed by atoms with E-state index in [1.165, 1.54) is 12.1 Å². The fourth-order valence-electron chi connectivity index (χ4n) is 1.43. The van der Waals surface area contributed by atoms with Crippen molar-refractivity contribution in [2.45, 2.75) is 0 Å². The zero-order valence-corrected chi connectivity index (χ0v) is 9.82. The molecule has 0 aliphatic carbocycles. The van der Waals surface area contributed by atoms with Gasteiger partial charge in [0.1, 0.15) is 11.4 Å². The highest BCUT2D eigenvalue weighted by atomic mass is 19.1. The van der Waals surface area contributed by atoms with Crippen molar-refractivity contribution >= 4 is 11.7 Å². The van der Waals surface area contributed by atoms with Crippen molar-refractivity contribution < 1.29 is 24.0 Å². The average molecular weight is 278 g/mol. The van der Waals surface area contributed by atoms with Crippen molar-refractivity contribution in [3.63, 3.8) is 0 Å². The third-order valence-corrected chi connectivity index (χ3v) is 2.32. The molecule has 8 heteroatoms. The Hall–Kier alpha value is -3.03. The minimum atomic E-state index is -1.23. The van der Waals surface area contributed by atoms with Gasteiger partial charge in [0.2, 0.25) is 5.75 Å². The van der Waals surface area contributed by atoms with Crippen LogP contribution in [0.1, 0.15) is 10.5 Å². The van der Waals surface area contributed by atoms with E-state index in [-0.39, 0.29) is 11.4 Å². The Morgan fingerprint density at radius 3 is 2.65 bits per heavy atom. The molecule has 102 valence electrons. The lowest BCUT2D eigenvalue weighted by Crippen LogP contribution is -2.00. The topological polar surface area (TPSA) is 103 Å². The van der Waals surface area contributed by atoms with Gasteiger partial charge in [0, 0.05) is 6.07 Å². The van der Waals surface area contributed by atoms with Crippen LogP contribution >= 0.6 is 0 Å². The van der Waals surface area contributed by atoms with Crippen LogP contribution in [-0.4, -0.2) is 21.0 Å². The second kappa shape index (κ2) is 5.31. The predicted octanol–water partition coefficient (Wildman–Crippen LogP) is 2.62. The molecule has 20 heavy (non-hydrogen) atoms. The first-order chi connectivity index (χ1) is 9.49. The molecule has 0 atom stereocenters. The number of ether oxygens (including phenoxy) is 1. The maximum atomic E-state index is 13.6. The molecule has 1 aromatic carbocycles. The quantitative estimate of drug-likeness (QED) is 0.681. The normalized spacial score (nSPS) is 10.1. The fourth-order valence-corrected chi connectivity index (χ4v) is 1.43. The number of rotatable bonds is 4. The second-order valence-electron chi connectivity index (χ2n) is 3.63. The standard InChI is InChI=1S/C12H7FN2O5/c13-8-2-1-3-10(15(18)19)11(8)20-7-4-5-9(12(16)17)14-6-7/h1-6H,(H,16,17). The SMILES string of the molecule is O=C(O)c1ccc(Oc2c(F)cccc2[N+](=O)[O-])cn1. The van der Waals surface area contributed by atoms with Crippen LogP contribution in [-0.2, 0) is 0 Å². The van der Waals surface area contributed by atoms with Crippen molar-refractivity contribution in [1.82, 2.24) is 4.98 Å². The molecule has 0 bridgehead atoms. The van der Waals surface area contributed by atoms with Gasteiger partial charge in [-0.3, -0.25) is 10.1 Å². The monoisotopic (exact) mass is 278 g/mol. The maximum absolute atomic E-state index is 13.6. The summed E-state index contributed by atoms with van der Waals surface area (Å²) in [5.41, 5.74) is -0.757. The molecule has 0 radical (unpaired) electrons. The predicted molar refractivity (Wildman–Crippen MR) is 64.3 cm³/mol. The first-order valence-electron chi connectivity index (χ1n) is 5.29. The molecule has 0 saturated carbocycles. The van der Waals surface area contributed by atoms with Gasteiger partial charge in [-0.1, -0.05) is 6.07 Å². The van der Waals surface area contributed by atoms with Gasteiger partial charge in [-0.2, -0.15) is 0 Å². The molecule has 2 aromatic rings. The summed E-state index contributed by atoms with van der Waals surface area (Å²) in [6.07, 6.45) is 1.04. The number of aromatic carboxylic acids is 1. The van der Waals surface area contributed by atoms with Gasteiger partial charge in [-0.25, -0.2) is 14.2 Å². The number of nitro benzene ring substituents is 1. The summed E-state index contributed by atoms with van der Waals surface area (Å²) >= 11 is 0. The summed E-state index contributed by atoms with van der Waals surface area (Å²) < 4.78 is 18.6. The van der Waals surface area contributed by atoms with E-state index >= 15 is 0 Å². The summed E-state index contributed by atoms with van der Waals surface area (Å²) in [4.78, 5) is 24.2. The van der Waals surface area contributed by atoms with Crippen LogP contribution < -0.4 is 4.74 Å². The average Bonchev–Trinajstić information content (AvgIpc) is 2.41. The molecule has 0 saturated heterocycles. The molecule has 0 aliphatic heterocycles. The molecule has 1 N–H and O–H groups in total. The van der Waals surface area contributed by atoms with Crippen LogP contribution in [0.25, 0.3) is 0 Å². The molecule has 0 fully saturated rings. The number of carboxylic acids is 1. The zero-order valence-electron chi connectivity index (χ0n) is 9.82. The number of benzene rings is 1. The Labute approximate surface area is 111 Å². The lowest BCUT2D eigenvalue weighted by molar-refractivity contribution is -0.385. The van der Waals surface area contributed by atoms with Crippen molar-refractivity contribution in [2.24, 2.45) is 0 Å². The summed E-state index contributed by atoms with van der Waals surface area (Å²) in [6.45, 7) is 0. The van der Waals surface area contributed by atoms with Crippen molar-refractivity contribution in [1.29, 1.82) is 0 Å². The van der Waals surface area contributed by atoms with Gasteiger partial charge in [-0.05, 0) is 18.2 Å². The maximum Gasteiger partial charge on any atom is 0.354 e. The van der Waals surface area contributed by atoms with Crippen molar-refractivity contribution in [2.75, 3.05) is 0 Å². The summed E-state index contributed by atoms with van der Waals surface area (Å²) in [6, 6.07) is 5.67. The van der Waals surface area contributed by atoms with Crippen LogP contribution in [0.3, 0.4) is 0 Å². The number of hydrogen-bond donors (Lipinski definition) is 1. The number of halogens is 1. The molecule has 0 amide bonds. The smallest absolute Gasteiger partial charge is 0.354 e. The van der Waals surface area contributed by atoms with Gasteiger partial charge in [0.25, 0.3) is 0 Å². The first-order valence-corrected chi connectivity index (χ1v) is 5.29. The number of carbonyl (C=O) groups is 1. The molecular formula is C12H7FN2O5. The van der Waals surface area contributed by atoms with E-state index < -0.39 is 28.1 Å². The van der Waals surface area contributed by atoms with Gasteiger partial charge in [0.05, 0.1) is 11.1 Å². The van der Waals surface area contributed by atoms with E-state index in [4.69, 9.17) is 9.84 Å². The number of pyridine rings is 1. The minimum Gasteiger partial charge on any atom is -0.477 e. The Bertz CT molecular complexity index is 672. The molecule has 1 heterocycles. The molecule has 0 aliphatic rings. The Morgan fingerprint density at radius 2 is 2.10 bits per heavy atom. The number of aromatic nitrogens is 1. The highest BCUT2D eigenvalue weighted by Crippen LogP contribution is 2.33. The Morgan fingerprint density at radius 1 is 1.35 bits per heavy atom. The van der Waals surface area contributed by atoms with Gasteiger partial charge < -0.3 is 9.84 Å². The van der Waals surface area contributed by atoms with E-state index in [1.54, 1.807) is 0 Å². The van der Waals surface area contributed by atoms with Crippen LogP contribution in [0.4, 0.5) is 10.1 Å². The van der Waals surface area contributed by atoms with Crippen molar-refractivity contribution in [3.8, 4) is 11.5 Å². The highest BCUT2D eigenvalue weighted by Gasteiger charge is 2.20. The third kappa shape index (κ3) is 2.69. The van der Waals surface area contributed by atoms with Crippen LogP contribution in [0, 0.1) is 15.9 Å². The lowest BCUT2D eigenvalue weighted by Gasteiger charge is -2.06. The number of para-hydroxylation sites is 1. The van der Waals surface area contributed by atoms with Gasteiger partial charge >= 0.3 is 11.7 Å². The Kier molecular flexibility index (Phi) is 3.56. The van der Waals surface area contributed by atoms with E-state index in [0.29, 0.717) is 0 Å². The number of nitrogens with zero attached hydrogens (tertiary/aromatic N) is 2. The van der Waals surface area contributed by atoms with Crippen LogP contribution in [0.15, 0.2) is 36.5 Å². The molecule has 1 aromatic heterocycles. The lowest BCUT2D eigenvalue weighted by atomic mass is 10.3. The Balaban J connectivity index is 2.34. The van der Waals surface area contributed by atoms with E-state index in [2.05, 4.69) is 4.98 Å². The van der Waals surface area contributed by atoms with E-state index in [1.807, 2.05) is 0 Å². The molecule has 2 rings (SSSR count). The highest BCUT2D eigenvalue weighted by molar-refractivity contribution is 5.85. The minimum absolute atomic E-state index is 0.0109.